The van der Waals surface area contributed by atoms with Gasteiger partial charge in [0, 0.05) is 108 Å². The van der Waals surface area contributed by atoms with E-state index in [0.29, 0.717) is 54.9 Å². The van der Waals surface area contributed by atoms with E-state index < -0.39 is 156 Å². The molecule has 35 nitrogen and oxygen atoms in total. The lowest BCUT2D eigenvalue weighted by molar-refractivity contribution is -0.149. The number of carbonyl (C=O) groups is 14. The highest BCUT2D eigenvalue weighted by molar-refractivity contribution is 6.36. The van der Waals surface area contributed by atoms with Gasteiger partial charge in [-0.25, -0.2) is 4.79 Å². The van der Waals surface area contributed by atoms with E-state index in [1.165, 1.54) is 118 Å². The Morgan fingerprint density at radius 3 is 1.25 bits per heavy atom. The first-order valence-electron chi connectivity index (χ1n) is 47.2. The second kappa shape index (κ2) is 35.4. The third-order valence-corrected chi connectivity index (χ3v) is 29.8. The summed E-state index contributed by atoms with van der Waals surface area (Å²) in [6, 6.07) is 37.3. The molecule has 150 heavy (non-hydrogen) atoms. The Kier molecular flexibility index (Phi) is 23.9. The van der Waals surface area contributed by atoms with E-state index in [0.717, 1.165) is 5.57 Å². The molecular weight excluding hydrogens is 1940 g/mol. The quantitative estimate of drug-likeness (QED) is 0.0536. The van der Waals surface area contributed by atoms with Crippen LogP contribution in [0.25, 0.3) is 59.4 Å². The minimum absolute atomic E-state index is 0.00309. The maximum atomic E-state index is 13.0. The molecule has 0 saturated heterocycles. The molecule has 13 aromatic carbocycles. The minimum Gasteiger partial charge on any atom is -0.507 e. The molecule has 1 saturated carbocycles. The number of Topliss-reactive ketones (excluding diaryl/α,β-unsaturated/α-hetero) is 8. The second-order valence-electron chi connectivity index (χ2n) is 41.2. The monoisotopic (exact) mass is 2030 g/mol. The van der Waals surface area contributed by atoms with Crippen LogP contribution in [0.2, 0.25) is 0 Å². The number of benzene rings is 13. The fourth-order valence-corrected chi connectivity index (χ4v) is 24.2. The zero-order valence-electron chi connectivity index (χ0n) is 80.3. The predicted octanol–water partition coefficient (Wildman–Crippen LogP) is 13.6. The Balaban J connectivity index is 0.000000113. The van der Waals surface area contributed by atoms with Crippen molar-refractivity contribution in [2.45, 2.75) is 170 Å². The topological polar surface area (TPSA) is 664 Å². The fourth-order valence-electron chi connectivity index (χ4n) is 24.2. The van der Waals surface area contributed by atoms with Gasteiger partial charge in [-0.15, -0.1) is 0 Å². The predicted molar refractivity (Wildman–Crippen MR) is 533 cm³/mol. The summed E-state index contributed by atoms with van der Waals surface area (Å²) in [7, 11) is 0. The summed E-state index contributed by atoms with van der Waals surface area (Å²) in [5.74, 6) is -16.1. The molecule has 11 aliphatic rings. The lowest BCUT2D eigenvalue weighted by Gasteiger charge is -2.47. The number of allylic oxidation sites excluding steroid dienone is 2. The molecule has 0 aromatic heterocycles. The average Bonchev–Trinajstić information content (AvgIpc) is 0.715. The molecule has 0 spiro atoms. The number of phenols is 14. The molecule has 0 heterocycles. The average molecular weight is 2030 g/mol. The smallest absolute Gasteiger partial charge is 0.339 e. The number of aliphatic hydroxyl groups is 6. The first-order valence-corrected chi connectivity index (χ1v) is 47.2. The van der Waals surface area contributed by atoms with Gasteiger partial charge in [0.15, 0.2) is 69.3 Å². The summed E-state index contributed by atoms with van der Waals surface area (Å²) >= 11 is 0. The standard InChI is InChI=1S/C20H16O7.C19H18O6.C19H14O6.C19H12O6.2C19H16O5/c1-8-6-20(27)7-12(22)15-10(16(20)18(24)13(8)19(25)26)5-9-3-2-4-11(21)14(9)17(15)23;1-18(24)6-13(22)16-10-5-9-3-2-4-11(20)14(9)17(23)15(10)12(21)7-19(16,25)8-18;1-19(25)6-8-5-11(21)15-16(13(8)12(22)7-19)17(23)9-3-2-4-10(20)14(9)18(15)24;1-7-5-9-12(11(21)6-7)14-15(19(25)17(9)23)18(24)13-8(16(14)22)3-2-4-10(13)20;1-19(24)7-10-6-13(21)17-11(15(10)14(22)8-19)5-9-3-2-4-12(20)16(9)18(17)23;1-9-5-13(21)17-11-6-10-3-2-4-12(20)15(10)18(23)16(11)14(22)8-19(17,24)7-9/h2-5,16,21,23,27H,6-7H2,1H3,(H,25,26);2-5,16,20,23-25H,6-8H2,1H3;2-5,20-21,25H,6-7H2,1H3;2-6,20-21,23,25H,1H3;2-5,20,23-24H,6-8H2,1H3;2-6,17,20,23-24H,7-8H2,1H3. The van der Waals surface area contributed by atoms with Crippen molar-refractivity contribution in [3.63, 3.8) is 0 Å². The molecule has 1 fully saturated rings. The lowest BCUT2D eigenvalue weighted by Crippen LogP contribution is -2.56. The van der Waals surface area contributed by atoms with E-state index in [4.69, 9.17) is 0 Å². The van der Waals surface area contributed by atoms with Gasteiger partial charge in [-0.1, -0.05) is 83.9 Å². The van der Waals surface area contributed by atoms with E-state index in [1.807, 2.05) is 0 Å². The lowest BCUT2D eigenvalue weighted by atomic mass is 9.60. The van der Waals surface area contributed by atoms with Crippen LogP contribution in [-0.2, 0) is 30.4 Å². The molecular formula is C115H92O35. The number of ketones is 13. The van der Waals surface area contributed by atoms with Gasteiger partial charge in [-0.2, -0.15) is 0 Å². The fraction of sp³-hybridized carbons (Fsp3) is 0.235. The number of aromatic hydroxyl groups is 14. The maximum absolute atomic E-state index is 13.0. The second-order valence-corrected chi connectivity index (χ2v) is 41.2. The number of hydrogen-bond acceptors (Lipinski definition) is 34. The number of hydrogen-bond donors (Lipinski definition) is 21. The molecule has 0 radical (unpaired) electrons. The zero-order valence-corrected chi connectivity index (χ0v) is 80.3. The molecule has 13 aromatic rings. The number of phenolic OH excluding ortho intramolecular Hbond substituents is 14. The van der Waals surface area contributed by atoms with Crippen LogP contribution >= 0.6 is 0 Å². The third-order valence-electron chi connectivity index (χ3n) is 29.8. The van der Waals surface area contributed by atoms with Crippen LogP contribution in [0.15, 0.2) is 180 Å². The first kappa shape index (κ1) is 101. The van der Waals surface area contributed by atoms with E-state index in [2.05, 4.69) is 0 Å². The molecule has 0 amide bonds. The number of carboxylic acids is 1. The normalized spacial score (nSPS) is 23.4. The Hall–Kier alpha value is -17.5. The Morgan fingerprint density at radius 1 is 0.313 bits per heavy atom. The molecule has 9 unspecified atom stereocenters. The molecule has 0 aliphatic heterocycles. The number of fused-ring (bicyclic) bond motifs is 23. The van der Waals surface area contributed by atoms with Crippen LogP contribution in [0, 0.1) is 6.92 Å². The van der Waals surface area contributed by atoms with Crippen molar-refractivity contribution in [3.05, 3.63) is 286 Å². The van der Waals surface area contributed by atoms with Crippen LogP contribution < -0.4 is 0 Å². The van der Waals surface area contributed by atoms with Crippen molar-refractivity contribution in [1.29, 1.82) is 0 Å². The molecule has 9 atom stereocenters. The van der Waals surface area contributed by atoms with Gasteiger partial charge < -0.3 is 107 Å². The van der Waals surface area contributed by atoms with Gasteiger partial charge in [0.1, 0.15) is 80.4 Å². The zero-order chi connectivity index (χ0) is 108. The Bertz CT molecular complexity index is 8650. The van der Waals surface area contributed by atoms with Crippen molar-refractivity contribution in [2.75, 3.05) is 0 Å². The van der Waals surface area contributed by atoms with Crippen LogP contribution in [0.4, 0.5) is 0 Å². The van der Waals surface area contributed by atoms with Gasteiger partial charge in [-0.3, -0.25) is 62.3 Å². The van der Waals surface area contributed by atoms with E-state index >= 15 is 0 Å². The van der Waals surface area contributed by atoms with Crippen molar-refractivity contribution < 1.29 is 174 Å². The number of aliphatic carboxylic acids is 1. The highest BCUT2D eigenvalue weighted by atomic mass is 16.4. The summed E-state index contributed by atoms with van der Waals surface area (Å²) in [4.78, 5) is 177. The summed E-state index contributed by atoms with van der Waals surface area (Å²) in [6.07, 6.45) is 0.515. The van der Waals surface area contributed by atoms with Gasteiger partial charge in [0.2, 0.25) is 11.6 Å². The highest BCUT2D eigenvalue weighted by Gasteiger charge is 2.59. The van der Waals surface area contributed by atoms with Crippen LogP contribution in [-0.4, -0.2) is 222 Å². The van der Waals surface area contributed by atoms with Crippen LogP contribution in [0.3, 0.4) is 0 Å². The molecule has 24 rings (SSSR count). The Morgan fingerprint density at radius 2 is 0.740 bits per heavy atom. The SMILES string of the molecule is CC1(O)CC(=O)C2=C(CC(=O)c3c2cc2cccc(O)c2c3O)C1.CC1(O)CC(=O)C2c3cc4cccc(O)c4c(O)c3C(=O)CC2(O)C1.CC1(O)CC(=O)c2c(cc(O)c3c2C(=O)c2cccc(O)c2C3=O)C1.CC1=C(C(=O)O)C(=O)C2c3cc4cccc(O)c4c(O)c3C(=O)CC2(O)C1.CC1=CC(=O)C2c3cc4cccc(O)c4c(O)c3C(=O)CC2(O)C1.Cc1cc(O)c2c3c(c(O)c(O)c2c1)C(=O)c1c(O)cccc1C3=O. The summed E-state index contributed by atoms with van der Waals surface area (Å²) in [5.41, 5.74) is -6.55. The molecule has 35 heteroatoms. The number of aryl methyl sites for hydroxylation is 1. The van der Waals surface area contributed by atoms with Crippen molar-refractivity contribution in [1.82, 2.24) is 0 Å². The van der Waals surface area contributed by atoms with Gasteiger partial charge in [0.25, 0.3) is 0 Å². The summed E-state index contributed by atoms with van der Waals surface area (Å²) < 4.78 is 0. The summed E-state index contributed by atoms with van der Waals surface area (Å²) in [6.45, 7) is 9.44. The molecule has 0 bridgehead atoms. The molecule has 11 aliphatic carbocycles. The largest absolute Gasteiger partial charge is 0.507 e. The van der Waals surface area contributed by atoms with Gasteiger partial charge in [0.05, 0.1) is 117 Å². The van der Waals surface area contributed by atoms with E-state index in [9.17, 15) is 174 Å². The number of carboxylic acid groups (broad SMARTS) is 1. The van der Waals surface area contributed by atoms with Gasteiger partial charge in [-0.05, 0) is 201 Å². The van der Waals surface area contributed by atoms with Gasteiger partial charge >= 0.3 is 5.97 Å². The first-order chi connectivity index (χ1) is 70.4. The van der Waals surface area contributed by atoms with Crippen molar-refractivity contribution in [2.24, 2.45) is 0 Å². The molecule has 762 valence electrons. The number of carbonyl (C=O) groups excluding carboxylic acids is 13. The van der Waals surface area contributed by atoms with E-state index in [-0.39, 0.29) is 261 Å². The third kappa shape index (κ3) is 16.1. The van der Waals surface area contributed by atoms with E-state index in [1.54, 1.807) is 81.4 Å². The highest BCUT2D eigenvalue weighted by Crippen LogP contribution is 2.59. The van der Waals surface area contributed by atoms with Crippen LogP contribution in [0.5, 0.6) is 80.5 Å². The minimum atomic E-state index is -1.75. The van der Waals surface area contributed by atoms with Crippen LogP contribution in [0.1, 0.15) is 272 Å². The maximum Gasteiger partial charge on any atom is 0.339 e. The number of rotatable bonds is 1. The molecule has 21 N–H and O–H groups in total. The Labute approximate surface area is 846 Å². The van der Waals surface area contributed by atoms with Crippen molar-refractivity contribution >= 4 is 141 Å². The summed E-state index contributed by atoms with van der Waals surface area (Å²) in [5, 5.41) is 219. The van der Waals surface area contributed by atoms with Crippen molar-refractivity contribution in [3.8, 4) is 80.5 Å².